The van der Waals surface area contributed by atoms with Crippen LogP contribution in [0.2, 0.25) is 5.02 Å². The molecule has 0 aromatic heterocycles. The van der Waals surface area contributed by atoms with Gasteiger partial charge in [-0.15, -0.1) is 12.4 Å². The molecule has 1 amide bonds. The molecule has 0 saturated heterocycles. The van der Waals surface area contributed by atoms with Crippen molar-refractivity contribution in [3.63, 3.8) is 0 Å². The lowest BCUT2D eigenvalue weighted by atomic mass is 9.90. The number of halogens is 5. The average molecular weight is 646 g/mol. The summed E-state index contributed by atoms with van der Waals surface area (Å²) in [6.45, 7) is 1.80. The number of carbonyl (C=O) groups is 1. The van der Waals surface area contributed by atoms with E-state index in [0.717, 1.165) is 22.8 Å². The maximum atomic E-state index is 13.6. The van der Waals surface area contributed by atoms with E-state index in [1.54, 1.807) is 25.1 Å². The second-order valence-electron chi connectivity index (χ2n) is 10.7. The number of likely N-dealkylation sites (N-methyl/N-ethyl adjacent to an activating group) is 1. The number of rotatable bonds is 13. The number of alkyl halides is 3. The summed E-state index contributed by atoms with van der Waals surface area (Å²) in [4.78, 5) is 15.8. The second-order valence-corrected chi connectivity index (χ2v) is 11.1. The Balaban J connectivity index is 0.00000529. The lowest BCUT2D eigenvalue weighted by Crippen LogP contribution is -2.31. The lowest BCUT2D eigenvalue weighted by molar-refractivity contribution is -0.137. The minimum Gasteiger partial charge on any atom is -0.494 e. The number of amides is 1. The van der Waals surface area contributed by atoms with Crippen LogP contribution < -0.4 is 4.74 Å². The van der Waals surface area contributed by atoms with Crippen LogP contribution in [-0.4, -0.2) is 49.5 Å². The summed E-state index contributed by atoms with van der Waals surface area (Å²) in [5.41, 5.74) is 2.70. The standard InChI is InChI=1S/C35H36ClF3N2O2.ClH/c1-40(2)33(42)23-26-12-9-18-30(22-26)43-21-11-20-41(24-29-17-10-19-32(34(29)36)35(37,38)39)25-31(27-13-5-3-6-14-27)28-15-7-4-8-16-28;/h3-10,12-19,22,31H,11,20-21,23-25H2,1-2H3;1H. The van der Waals surface area contributed by atoms with Crippen molar-refractivity contribution in [1.29, 1.82) is 0 Å². The minimum absolute atomic E-state index is 0. The third-order valence-corrected chi connectivity index (χ3v) is 7.71. The first-order valence-corrected chi connectivity index (χ1v) is 14.6. The molecule has 0 fully saturated rings. The predicted octanol–water partition coefficient (Wildman–Crippen LogP) is 8.51. The average Bonchev–Trinajstić information content (AvgIpc) is 2.99. The number of hydrogen-bond acceptors (Lipinski definition) is 3. The van der Waals surface area contributed by atoms with Crippen LogP contribution in [-0.2, 0) is 23.9 Å². The molecule has 0 N–H and O–H groups in total. The predicted molar refractivity (Wildman–Crippen MR) is 173 cm³/mol. The third-order valence-electron chi connectivity index (χ3n) is 7.26. The highest BCUT2D eigenvalue weighted by atomic mass is 35.5. The summed E-state index contributed by atoms with van der Waals surface area (Å²) in [6.07, 6.45) is -3.61. The van der Waals surface area contributed by atoms with Crippen molar-refractivity contribution in [3.05, 3.63) is 136 Å². The van der Waals surface area contributed by atoms with Crippen LogP contribution in [0.4, 0.5) is 13.2 Å². The summed E-state index contributed by atoms with van der Waals surface area (Å²) in [7, 11) is 3.45. The fourth-order valence-corrected chi connectivity index (χ4v) is 5.28. The first-order valence-electron chi connectivity index (χ1n) is 14.2. The van der Waals surface area contributed by atoms with Crippen LogP contribution >= 0.6 is 24.0 Å². The van der Waals surface area contributed by atoms with Gasteiger partial charge in [0.25, 0.3) is 0 Å². The molecular formula is C35H37Cl2F3N2O2. The quantitative estimate of drug-likeness (QED) is 0.137. The fraction of sp³-hybridized carbons (Fsp3) is 0.286. The molecule has 0 bridgehead atoms. The van der Waals surface area contributed by atoms with Gasteiger partial charge in [0, 0.05) is 39.6 Å². The molecule has 9 heteroatoms. The van der Waals surface area contributed by atoms with Crippen molar-refractivity contribution >= 4 is 29.9 Å². The molecule has 0 spiro atoms. The van der Waals surface area contributed by atoms with Crippen LogP contribution in [0.15, 0.2) is 103 Å². The van der Waals surface area contributed by atoms with Gasteiger partial charge in [-0.2, -0.15) is 13.2 Å². The number of benzene rings is 4. The van der Waals surface area contributed by atoms with E-state index < -0.39 is 11.7 Å². The number of hydrogen-bond donors (Lipinski definition) is 0. The maximum Gasteiger partial charge on any atom is 0.417 e. The molecule has 0 heterocycles. The molecule has 44 heavy (non-hydrogen) atoms. The van der Waals surface area contributed by atoms with Crippen LogP contribution in [0.1, 0.15) is 40.2 Å². The Labute approximate surface area is 268 Å². The van der Waals surface area contributed by atoms with E-state index in [2.05, 4.69) is 29.2 Å². The van der Waals surface area contributed by atoms with Crippen molar-refractivity contribution in [2.24, 2.45) is 0 Å². The van der Waals surface area contributed by atoms with Crippen LogP contribution in [0, 0.1) is 0 Å². The Kier molecular flexibility index (Phi) is 13.1. The summed E-state index contributed by atoms with van der Waals surface area (Å²) in [6, 6.07) is 31.7. The van der Waals surface area contributed by atoms with E-state index in [9.17, 15) is 18.0 Å². The smallest absolute Gasteiger partial charge is 0.417 e. The van der Waals surface area contributed by atoms with E-state index in [-0.39, 0.29) is 42.2 Å². The molecule has 0 unspecified atom stereocenters. The monoisotopic (exact) mass is 644 g/mol. The number of ether oxygens (including phenoxy) is 1. The molecule has 0 aliphatic heterocycles. The molecule has 0 aliphatic carbocycles. The van der Waals surface area contributed by atoms with Crippen molar-refractivity contribution in [2.45, 2.75) is 31.5 Å². The van der Waals surface area contributed by atoms with Crippen molar-refractivity contribution < 1.29 is 22.7 Å². The van der Waals surface area contributed by atoms with E-state index in [1.165, 1.54) is 6.07 Å². The number of carbonyl (C=O) groups excluding carboxylic acids is 1. The van der Waals surface area contributed by atoms with Crippen molar-refractivity contribution in [1.82, 2.24) is 9.80 Å². The molecular weight excluding hydrogens is 608 g/mol. The SMILES string of the molecule is CN(C)C(=O)Cc1cccc(OCCCN(Cc2cccc(C(F)(F)F)c2Cl)CC(c2ccccc2)c2ccccc2)c1.Cl. The molecule has 4 aromatic carbocycles. The van der Waals surface area contributed by atoms with Gasteiger partial charge in [0.2, 0.25) is 5.91 Å². The summed E-state index contributed by atoms with van der Waals surface area (Å²) in [5, 5.41) is -0.267. The Hall–Kier alpha value is -3.52. The van der Waals surface area contributed by atoms with Gasteiger partial charge >= 0.3 is 6.18 Å². The normalized spacial score (nSPS) is 11.4. The third kappa shape index (κ3) is 10.0. The molecule has 0 radical (unpaired) electrons. The molecule has 4 aromatic rings. The Morgan fingerprint density at radius 2 is 1.48 bits per heavy atom. The van der Waals surface area contributed by atoms with Gasteiger partial charge in [-0.3, -0.25) is 9.69 Å². The second kappa shape index (κ2) is 16.5. The van der Waals surface area contributed by atoms with Gasteiger partial charge < -0.3 is 9.64 Å². The van der Waals surface area contributed by atoms with E-state index in [4.69, 9.17) is 16.3 Å². The van der Waals surface area contributed by atoms with Crippen LogP contribution in [0.25, 0.3) is 0 Å². The Morgan fingerprint density at radius 3 is 2.07 bits per heavy atom. The zero-order valence-electron chi connectivity index (χ0n) is 24.8. The topological polar surface area (TPSA) is 32.8 Å². The highest BCUT2D eigenvalue weighted by Gasteiger charge is 2.34. The number of nitrogens with zero attached hydrogens (tertiary/aromatic N) is 2. The van der Waals surface area contributed by atoms with Gasteiger partial charge in [-0.25, -0.2) is 0 Å². The zero-order valence-corrected chi connectivity index (χ0v) is 26.3. The summed E-state index contributed by atoms with van der Waals surface area (Å²) >= 11 is 6.32. The largest absolute Gasteiger partial charge is 0.494 e. The van der Waals surface area contributed by atoms with Gasteiger partial charge in [0.05, 0.1) is 23.6 Å². The van der Waals surface area contributed by atoms with E-state index >= 15 is 0 Å². The van der Waals surface area contributed by atoms with Gasteiger partial charge in [0.15, 0.2) is 0 Å². The molecule has 0 saturated carbocycles. The molecule has 4 nitrogen and oxygen atoms in total. The van der Waals surface area contributed by atoms with Crippen LogP contribution in [0.3, 0.4) is 0 Å². The van der Waals surface area contributed by atoms with Crippen molar-refractivity contribution in [3.8, 4) is 5.75 Å². The van der Waals surface area contributed by atoms with Crippen LogP contribution in [0.5, 0.6) is 5.75 Å². The van der Waals surface area contributed by atoms with Gasteiger partial charge in [-0.05, 0) is 46.9 Å². The lowest BCUT2D eigenvalue weighted by Gasteiger charge is -2.29. The molecule has 0 atom stereocenters. The maximum absolute atomic E-state index is 13.6. The van der Waals surface area contributed by atoms with E-state index in [1.807, 2.05) is 60.7 Å². The minimum atomic E-state index is -4.53. The molecule has 234 valence electrons. The molecule has 4 rings (SSSR count). The molecule has 0 aliphatic rings. The van der Waals surface area contributed by atoms with Gasteiger partial charge in [0.1, 0.15) is 5.75 Å². The highest BCUT2D eigenvalue weighted by molar-refractivity contribution is 6.32. The first-order chi connectivity index (χ1) is 20.6. The Bertz CT molecular complexity index is 1430. The van der Waals surface area contributed by atoms with Gasteiger partial charge in [-0.1, -0.05) is 96.5 Å². The summed E-state index contributed by atoms with van der Waals surface area (Å²) in [5.74, 6) is 0.675. The fourth-order valence-electron chi connectivity index (χ4n) is 4.98. The first kappa shape index (κ1) is 35.0. The highest BCUT2D eigenvalue weighted by Crippen LogP contribution is 2.37. The van der Waals surface area contributed by atoms with E-state index in [0.29, 0.717) is 37.4 Å². The Morgan fingerprint density at radius 1 is 0.864 bits per heavy atom. The summed E-state index contributed by atoms with van der Waals surface area (Å²) < 4.78 is 46.9. The zero-order chi connectivity index (χ0) is 30.8. The van der Waals surface area contributed by atoms with Crippen molar-refractivity contribution in [2.75, 3.05) is 33.8 Å².